The van der Waals surface area contributed by atoms with Crippen LogP contribution in [0.25, 0.3) is 0 Å². The lowest BCUT2D eigenvalue weighted by Gasteiger charge is -2.17. The van der Waals surface area contributed by atoms with Crippen molar-refractivity contribution in [2.24, 2.45) is 0 Å². The highest BCUT2D eigenvalue weighted by Crippen LogP contribution is 2.10. The average molecular weight is 213 g/mol. The van der Waals surface area contributed by atoms with E-state index in [2.05, 4.69) is 23.7 Å². The minimum atomic E-state index is 0.671. The second kappa shape index (κ2) is 8.37. The molecule has 1 aliphatic carbocycles. The van der Waals surface area contributed by atoms with Crippen LogP contribution < -0.4 is 5.32 Å². The van der Waals surface area contributed by atoms with Gasteiger partial charge >= 0.3 is 0 Å². The van der Waals surface area contributed by atoms with E-state index in [0.717, 1.165) is 0 Å². The molecule has 1 aliphatic rings. The first kappa shape index (κ1) is 12.1. The number of hydrogen-bond donors (Lipinski definition) is 1. The molecule has 0 aromatic heterocycles. The van der Waals surface area contributed by atoms with Gasteiger partial charge in [0.2, 0.25) is 0 Å². The summed E-state index contributed by atoms with van der Waals surface area (Å²) >= 11 is 1.96. The third-order valence-corrected chi connectivity index (χ3v) is 3.38. The Hall–Kier alpha value is 0.0500. The Labute approximate surface area is 92.7 Å². The molecule has 2 heteroatoms. The second-order valence-corrected chi connectivity index (χ2v) is 4.96. The smallest absolute Gasteiger partial charge is 0.0250 e. The van der Waals surface area contributed by atoms with Crippen LogP contribution in [0.15, 0.2) is 12.2 Å². The zero-order valence-electron chi connectivity index (χ0n) is 9.30. The lowest BCUT2D eigenvalue weighted by molar-refractivity contribution is 0.507. The van der Waals surface area contributed by atoms with Crippen molar-refractivity contribution in [3.05, 3.63) is 12.2 Å². The van der Waals surface area contributed by atoms with Gasteiger partial charge in [0.1, 0.15) is 0 Å². The van der Waals surface area contributed by atoms with Gasteiger partial charge < -0.3 is 5.32 Å². The van der Waals surface area contributed by atoms with Crippen molar-refractivity contribution in [1.29, 1.82) is 0 Å². The Morgan fingerprint density at radius 1 is 1.36 bits per heavy atom. The fourth-order valence-corrected chi connectivity index (χ4v) is 2.31. The molecule has 0 spiro atoms. The Kier molecular flexibility index (Phi) is 7.24. The molecule has 1 nitrogen and oxygen atoms in total. The summed E-state index contributed by atoms with van der Waals surface area (Å²) in [6.45, 7) is 1.20. The van der Waals surface area contributed by atoms with Crippen molar-refractivity contribution in [3.8, 4) is 0 Å². The van der Waals surface area contributed by atoms with Gasteiger partial charge in [0.05, 0.1) is 0 Å². The quantitative estimate of drug-likeness (QED) is 0.515. The maximum Gasteiger partial charge on any atom is 0.0250 e. The molecule has 0 radical (unpaired) electrons. The largest absolute Gasteiger partial charge is 0.311 e. The first-order valence-corrected chi connectivity index (χ1v) is 7.22. The van der Waals surface area contributed by atoms with Crippen LogP contribution in [0.5, 0.6) is 0 Å². The summed E-state index contributed by atoms with van der Waals surface area (Å²) in [7, 11) is 0. The topological polar surface area (TPSA) is 12.0 Å². The summed E-state index contributed by atoms with van der Waals surface area (Å²) in [5.41, 5.74) is 0. The fourth-order valence-electron chi connectivity index (χ4n) is 1.82. The zero-order valence-corrected chi connectivity index (χ0v) is 10.1. The maximum atomic E-state index is 3.60. The van der Waals surface area contributed by atoms with Crippen molar-refractivity contribution in [2.75, 3.05) is 18.6 Å². The van der Waals surface area contributed by atoms with Crippen molar-refractivity contribution in [2.45, 2.75) is 44.6 Å². The van der Waals surface area contributed by atoms with Gasteiger partial charge in [-0.05, 0) is 50.7 Å². The highest BCUT2D eigenvalue weighted by Gasteiger charge is 2.05. The predicted octanol–water partition coefficient (Wildman–Crippen LogP) is 3.22. The van der Waals surface area contributed by atoms with Crippen LogP contribution in [-0.2, 0) is 0 Å². The molecule has 0 amide bonds. The summed E-state index contributed by atoms with van der Waals surface area (Å²) in [5.74, 6) is 1.32. The molecule has 82 valence electrons. The summed E-state index contributed by atoms with van der Waals surface area (Å²) in [6.07, 6.45) is 14.9. The van der Waals surface area contributed by atoms with Crippen molar-refractivity contribution in [3.63, 3.8) is 0 Å². The highest BCUT2D eigenvalue weighted by molar-refractivity contribution is 7.98. The van der Waals surface area contributed by atoms with Crippen molar-refractivity contribution >= 4 is 11.8 Å². The van der Waals surface area contributed by atoms with E-state index in [1.807, 2.05) is 11.8 Å². The van der Waals surface area contributed by atoms with E-state index >= 15 is 0 Å². The molecule has 14 heavy (non-hydrogen) atoms. The third-order valence-electron chi connectivity index (χ3n) is 2.69. The van der Waals surface area contributed by atoms with Crippen LogP contribution in [0.4, 0.5) is 0 Å². The van der Waals surface area contributed by atoms with Crippen LogP contribution in [0, 0.1) is 0 Å². The third kappa shape index (κ3) is 5.71. The number of rotatable bonds is 7. The average Bonchev–Trinajstić information content (AvgIpc) is 2.25. The van der Waals surface area contributed by atoms with E-state index in [1.54, 1.807) is 0 Å². The van der Waals surface area contributed by atoms with Gasteiger partial charge in [-0.1, -0.05) is 18.6 Å². The maximum absolute atomic E-state index is 3.60. The van der Waals surface area contributed by atoms with Gasteiger partial charge in [0.25, 0.3) is 0 Å². The van der Waals surface area contributed by atoms with Gasteiger partial charge in [0.15, 0.2) is 0 Å². The molecule has 0 heterocycles. The molecule has 1 N–H and O–H groups in total. The minimum absolute atomic E-state index is 0.671. The Morgan fingerprint density at radius 2 is 2.29 bits per heavy atom. The number of hydrogen-bond acceptors (Lipinski definition) is 2. The highest BCUT2D eigenvalue weighted by atomic mass is 32.2. The molecule has 0 saturated heterocycles. The second-order valence-electron chi connectivity index (χ2n) is 3.97. The number of allylic oxidation sites excluding steroid dienone is 1. The van der Waals surface area contributed by atoms with Gasteiger partial charge in [-0.15, -0.1) is 0 Å². The number of nitrogens with one attached hydrogen (secondary N) is 1. The summed E-state index contributed by atoms with van der Waals surface area (Å²) in [4.78, 5) is 0. The summed E-state index contributed by atoms with van der Waals surface area (Å²) in [5, 5.41) is 3.60. The van der Waals surface area contributed by atoms with E-state index in [9.17, 15) is 0 Å². The van der Waals surface area contributed by atoms with Crippen molar-refractivity contribution < 1.29 is 0 Å². The molecule has 0 aliphatic heterocycles. The normalized spacial score (nSPS) is 21.4. The molecule has 0 saturated carbocycles. The molecule has 0 aromatic carbocycles. The van der Waals surface area contributed by atoms with Gasteiger partial charge in [-0.25, -0.2) is 0 Å². The fraction of sp³-hybridized carbons (Fsp3) is 0.833. The molecule has 1 atom stereocenters. The van der Waals surface area contributed by atoms with Crippen LogP contribution in [0.2, 0.25) is 0 Å². The summed E-state index contributed by atoms with van der Waals surface area (Å²) < 4.78 is 0. The lowest BCUT2D eigenvalue weighted by atomic mass is 10.0. The molecule has 0 bridgehead atoms. The van der Waals surface area contributed by atoms with Crippen LogP contribution in [0.3, 0.4) is 0 Å². The zero-order chi connectivity index (χ0) is 10.1. The summed E-state index contributed by atoms with van der Waals surface area (Å²) in [6, 6.07) is 0.671. The van der Waals surface area contributed by atoms with Gasteiger partial charge in [-0.2, -0.15) is 11.8 Å². The minimum Gasteiger partial charge on any atom is -0.311 e. The van der Waals surface area contributed by atoms with Gasteiger partial charge in [0, 0.05) is 6.04 Å². The van der Waals surface area contributed by atoms with E-state index < -0.39 is 0 Å². The van der Waals surface area contributed by atoms with E-state index in [-0.39, 0.29) is 0 Å². The van der Waals surface area contributed by atoms with Crippen LogP contribution in [0.1, 0.15) is 38.5 Å². The predicted molar refractivity (Wildman–Crippen MR) is 67.0 cm³/mol. The van der Waals surface area contributed by atoms with Crippen LogP contribution >= 0.6 is 11.8 Å². The van der Waals surface area contributed by atoms with Crippen LogP contribution in [-0.4, -0.2) is 24.6 Å². The Bertz CT molecular complexity index is 156. The first-order valence-electron chi connectivity index (χ1n) is 5.82. The van der Waals surface area contributed by atoms with E-state index in [0.29, 0.717) is 6.04 Å². The number of thioether (sulfide) groups is 1. The molecule has 1 unspecified atom stereocenters. The monoisotopic (exact) mass is 213 g/mol. The molecule has 0 aromatic rings. The lowest BCUT2D eigenvalue weighted by Crippen LogP contribution is -2.29. The molecular formula is C12H23NS. The standard InChI is InChI=1S/C12H23NS/c1-14-11-7-3-6-10-13-12-8-4-2-5-9-12/h4,8,12-13H,2-3,5-7,9-11H2,1H3. The SMILES string of the molecule is CSCCCCCNC1C=CCCC1. The number of unbranched alkanes of at least 4 members (excludes halogenated alkanes) is 2. The van der Waals surface area contributed by atoms with Gasteiger partial charge in [-0.3, -0.25) is 0 Å². The molecular weight excluding hydrogens is 190 g/mol. The molecule has 1 rings (SSSR count). The Balaban J connectivity index is 1.88. The van der Waals surface area contributed by atoms with E-state index in [1.165, 1.54) is 50.8 Å². The molecule has 0 fully saturated rings. The first-order chi connectivity index (χ1) is 6.93. The Morgan fingerprint density at radius 3 is 3.00 bits per heavy atom. The van der Waals surface area contributed by atoms with E-state index in [4.69, 9.17) is 0 Å². The van der Waals surface area contributed by atoms with Crippen molar-refractivity contribution in [1.82, 2.24) is 5.32 Å².